The van der Waals surface area contributed by atoms with Gasteiger partial charge in [-0.1, -0.05) is 98.5 Å². The van der Waals surface area contributed by atoms with E-state index in [0.29, 0.717) is 0 Å². The maximum Gasteiger partial charge on any atom is 0.0798 e. The molecule has 0 N–H and O–H groups in total. The van der Waals surface area contributed by atoms with Crippen molar-refractivity contribution in [3.63, 3.8) is 0 Å². The predicted molar refractivity (Wildman–Crippen MR) is 202 cm³/mol. The molecule has 239 valence electrons. The van der Waals surface area contributed by atoms with Crippen LogP contribution in [0.15, 0.2) is 109 Å². The van der Waals surface area contributed by atoms with Crippen molar-refractivity contribution in [1.29, 1.82) is 0 Å². The minimum absolute atomic E-state index is 0. The summed E-state index contributed by atoms with van der Waals surface area (Å²) in [7, 11) is -1.27. The standard InChI is InChI=1S/C27H22NS.C15H18NSi.Ir/c1-17(2)20-12-13-28-25(16-20)23-11-7-10-22-24-15-21(19-8-5-4-6-9-19)14-18(3)26(24)29-27(22)23;1-12-10-14(13-8-6-5-7-9-13)16-11-15(12)17(2,3)4;/h4-10,12-17H,1-3H3;5-8,10-11H,1-4H3;/q2*-1;/i17D;;. The Morgan fingerprint density at radius 2 is 1.49 bits per heavy atom. The van der Waals surface area contributed by atoms with Crippen LogP contribution < -0.4 is 5.19 Å². The Kier molecular flexibility index (Phi) is 10.3. The normalized spacial score (nSPS) is 11.9. The Morgan fingerprint density at radius 1 is 0.723 bits per heavy atom. The van der Waals surface area contributed by atoms with Crippen LogP contribution in [0, 0.1) is 26.0 Å². The van der Waals surface area contributed by atoms with Crippen LogP contribution >= 0.6 is 11.3 Å². The van der Waals surface area contributed by atoms with Crippen molar-refractivity contribution in [2.45, 2.75) is 53.2 Å². The molecule has 2 nitrogen and oxygen atoms in total. The number of aromatic nitrogens is 2. The fourth-order valence-electron chi connectivity index (χ4n) is 5.92. The summed E-state index contributed by atoms with van der Waals surface area (Å²) in [6.07, 6.45) is 3.86. The molecule has 0 saturated heterocycles. The molecular formula is C42H40IrN2SSi-2. The van der Waals surface area contributed by atoms with Crippen molar-refractivity contribution in [3.8, 4) is 33.6 Å². The summed E-state index contributed by atoms with van der Waals surface area (Å²) in [5, 5.41) is 3.96. The number of hydrogen-bond acceptors (Lipinski definition) is 3. The Morgan fingerprint density at radius 3 is 2.17 bits per heavy atom. The van der Waals surface area contributed by atoms with Gasteiger partial charge >= 0.3 is 0 Å². The van der Waals surface area contributed by atoms with Crippen molar-refractivity contribution in [1.82, 2.24) is 9.97 Å². The molecule has 0 fully saturated rings. The Bertz CT molecular complexity index is 2180. The molecule has 0 amide bonds. The molecule has 0 atom stereocenters. The van der Waals surface area contributed by atoms with E-state index in [0.717, 1.165) is 28.1 Å². The van der Waals surface area contributed by atoms with Gasteiger partial charge in [0.2, 0.25) is 0 Å². The molecule has 0 unspecified atom stereocenters. The van der Waals surface area contributed by atoms with Gasteiger partial charge in [0.15, 0.2) is 0 Å². The zero-order valence-corrected chi connectivity index (χ0v) is 32.2. The van der Waals surface area contributed by atoms with E-state index in [9.17, 15) is 0 Å². The zero-order chi connectivity index (χ0) is 33.3. The number of thiophene rings is 1. The smallest absolute Gasteiger partial charge is 0.0798 e. The van der Waals surface area contributed by atoms with Crippen LogP contribution in [0.4, 0.5) is 0 Å². The second-order valence-electron chi connectivity index (χ2n) is 13.1. The van der Waals surface area contributed by atoms with Crippen LogP contribution in [0.25, 0.3) is 53.8 Å². The molecule has 0 spiro atoms. The molecule has 47 heavy (non-hydrogen) atoms. The van der Waals surface area contributed by atoms with E-state index >= 15 is 0 Å². The van der Waals surface area contributed by atoms with E-state index in [1.807, 2.05) is 61.6 Å². The molecular weight excluding hydrogens is 785 g/mol. The summed E-state index contributed by atoms with van der Waals surface area (Å²) in [5.74, 6) is -0.660. The minimum atomic E-state index is -1.27. The number of rotatable bonds is 5. The second kappa shape index (κ2) is 14.6. The molecule has 4 aromatic carbocycles. The van der Waals surface area contributed by atoms with Gasteiger partial charge in [-0.2, -0.15) is 11.3 Å². The molecule has 7 aromatic rings. The average molecular weight is 826 g/mol. The van der Waals surface area contributed by atoms with Crippen molar-refractivity contribution >= 4 is 44.8 Å². The van der Waals surface area contributed by atoms with Crippen molar-refractivity contribution < 1.29 is 21.5 Å². The van der Waals surface area contributed by atoms with Gasteiger partial charge < -0.3 is 9.97 Å². The maximum absolute atomic E-state index is 8.38. The summed E-state index contributed by atoms with van der Waals surface area (Å²) in [6.45, 7) is 15.2. The number of aryl methyl sites for hydroxylation is 2. The van der Waals surface area contributed by atoms with Gasteiger partial charge in [-0.15, -0.1) is 59.7 Å². The second-order valence-corrected chi connectivity index (χ2v) is 19.1. The third kappa shape index (κ3) is 7.55. The van der Waals surface area contributed by atoms with Gasteiger partial charge in [0, 0.05) is 38.6 Å². The van der Waals surface area contributed by atoms with Gasteiger partial charge in [-0.05, 0) is 75.2 Å². The summed E-state index contributed by atoms with van der Waals surface area (Å²) < 4.78 is 10.9. The third-order valence-corrected chi connectivity index (χ3v) is 11.8. The number of pyridine rings is 2. The first-order chi connectivity index (χ1) is 22.4. The molecule has 0 aliphatic heterocycles. The molecule has 0 saturated carbocycles. The zero-order valence-electron chi connectivity index (χ0n) is 29.0. The van der Waals surface area contributed by atoms with Gasteiger partial charge in [0.05, 0.1) is 8.07 Å². The van der Waals surface area contributed by atoms with Gasteiger partial charge in [-0.25, -0.2) is 0 Å². The number of nitrogens with zero attached hydrogens (tertiary/aromatic N) is 2. The number of benzene rings is 4. The Hall–Kier alpha value is -3.73. The van der Waals surface area contributed by atoms with Crippen molar-refractivity contribution in [3.05, 3.63) is 138 Å². The van der Waals surface area contributed by atoms with Gasteiger partial charge in [-0.3, -0.25) is 0 Å². The largest absolute Gasteiger partial charge is 0.305 e. The summed E-state index contributed by atoms with van der Waals surface area (Å²) in [4.78, 5) is 9.20. The number of fused-ring (bicyclic) bond motifs is 3. The molecule has 0 aliphatic carbocycles. The van der Waals surface area contributed by atoms with Crippen LogP contribution in [-0.2, 0) is 20.1 Å². The molecule has 1 radical (unpaired) electrons. The summed E-state index contributed by atoms with van der Waals surface area (Å²) >= 11 is 1.81. The topological polar surface area (TPSA) is 25.8 Å². The maximum atomic E-state index is 8.38. The molecule has 3 heterocycles. The predicted octanol–water partition coefficient (Wildman–Crippen LogP) is 11.4. The van der Waals surface area contributed by atoms with Crippen LogP contribution in [0.3, 0.4) is 0 Å². The fourth-order valence-corrected chi connectivity index (χ4v) is 8.88. The van der Waals surface area contributed by atoms with Crippen LogP contribution in [0.5, 0.6) is 0 Å². The molecule has 0 aliphatic rings. The van der Waals surface area contributed by atoms with E-state index in [4.69, 9.17) is 1.37 Å². The van der Waals surface area contributed by atoms with E-state index in [1.165, 1.54) is 47.6 Å². The first kappa shape index (κ1) is 33.2. The quantitative estimate of drug-likeness (QED) is 0.128. The summed E-state index contributed by atoms with van der Waals surface area (Å²) in [5.41, 5.74) is 10.1. The van der Waals surface area contributed by atoms with E-state index in [-0.39, 0.29) is 20.1 Å². The molecule has 5 heteroatoms. The van der Waals surface area contributed by atoms with Crippen molar-refractivity contribution in [2.24, 2.45) is 0 Å². The SMILES string of the molecule is Cc1cc(-c2[c-]cccc2)ncc1[Si](C)(C)C.[2H]C(C)(C)c1ccnc(-c2[c-]ccc3c2sc2c(C)cc(-c4ccccc4)cc23)c1.[Ir]. The monoisotopic (exact) mass is 826 g/mol. The van der Waals surface area contributed by atoms with E-state index < -0.39 is 14.0 Å². The third-order valence-electron chi connectivity index (χ3n) is 8.32. The van der Waals surface area contributed by atoms with E-state index in [1.54, 1.807) is 6.20 Å². The molecule has 3 aromatic heterocycles. The fraction of sp³-hybridized carbons (Fsp3) is 0.190. The van der Waals surface area contributed by atoms with E-state index in [2.05, 4.69) is 122 Å². The first-order valence-electron chi connectivity index (χ1n) is 16.2. The van der Waals surface area contributed by atoms with Gasteiger partial charge in [0.1, 0.15) is 0 Å². The Balaban J connectivity index is 0.000000214. The van der Waals surface area contributed by atoms with Crippen LogP contribution in [-0.4, -0.2) is 18.0 Å². The molecule has 7 rings (SSSR count). The first-order valence-corrected chi connectivity index (χ1v) is 20.1. The van der Waals surface area contributed by atoms with Crippen LogP contribution in [0.2, 0.25) is 19.6 Å². The number of hydrogen-bond donors (Lipinski definition) is 0. The minimum Gasteiger partial charge on any atom is -0.305 e. The summed E-state index contributed by atoms with van der Waals surface area (Å²) in [6, 6.07) is 40.0. The Labute approximate surface area is 299 Å². The average Bonchev–Trinajstić information content (AvgIpc) is 3.44. The van der Waals surface area contributed by atoms with Crippen molar-refractivity contribution in [2.75, 3.05) is 0 Å². The van der Waals surface area contributed by atoms with Gasteiger partial charge in [0.25, 0.3) is 0 Å². The van der Waals surface area contributed by atoms with Crippen LogP contribution in [0.1, 0.15) is 37.8 Å². The molecule has 0 bridgehead atoms.